The lowest BCUT2D eigenvalue weighted by molar-refractivity contribution is 0.272. The van der Waals surface area contributed by atoms with Crippen molar-refractivity contribution >= 4 is 18.9 Å². The fourth-order valence-electron chi connectivity index (χ4n) is 2.71. The van der Waals surface area contributed by atoms with E-state index in [0.717, 1.165) is 10.4 Å². The summed E-state index contributed by atoms with van der Waals surface area (Å²) in [6.07, 6.45) is 7.01. The second-order valence-electron chi connectivity index (χ2n) is 5.82. The Bertz CT molecular complexity index is 479. The molecule has 0 heterocycles. The Labute approximate surface area is 149 Å². The fraction of sp³-hybridized carbons (Fsp3) is 0.429. The van der Waals surface area contributed by atoms with E-state index in [1.807, 2.05) is 36.4 Å². The van der Waals surface area contributed by atoms with E-state index in [2.05, 4.69) is 38.1 Å². The molecule has 0 radical (unpaired) electrons. The van der Waals surface area contributed by atoms with Gasteiger partial charge in [0.05, 0.1) is 0 Å². The predicted octanol–water partition coefficient (Wildman–Crippen LogP) is 4.51. The lowest BCUT2D eigenvalue weighted by atomic mass is 10.2. The summed E-state index contributed by atoms with van der Waals surface area (Å²) >= 11 is 0. The Morgan fingerprint density at radius 2 is 1.00 bits per heavy atom. The van der Waals surface area contributed by atoms with Crippen molar-refractivity contribution in [3.63, 3.8) is 0 Å². The molecule has 0 aliphatic heterocycles. The van der Waals surface area contributed by atoms with Crippen molar-refractivity contribution in [2.75, 3.05) is 14.2 Å². The summed E-state index contributed by atoms with van der Waals surface area (Å²) in [6, 6.07) is 20.3. The minimum Gasteiger partial charge on any atom is -0.391 e. The van der Waals surface area contributed by atoms with Gasteiger partial charge in [0, 0.05) is 14.2 Å². The lowest BCUT2D eigenvalue weighted by Gasteiger charge is -2.27. The van der Waals surface area contributed by atoms with E-state index in [1.165, 1.54) is 32.1 Å². The lowest BCUT2D eigenvalue weighted by Crippen LogP contribution is -2.62. The van der Waals surface area contributed by atoms with Gasteiger partial charge < -0.3 is 8.85 Å². The first-order valence-electron chi connectivity index (χ1n) is 8.96. The zero-order valence-corrected chi connectivity index (χ0v) is 16.6. The highest BCUT2D eigenvalue weighted by atomic mass is 28.4. The van der Waals surface area contributed by atoms with Gasteiger partial charge in [-0.2, -0.15) is 0 Å². The van der Waals surface area contributed by atoms with E-state index in [-0.39, 0.29) is 0 Å². The van der Waals surface area contributed by atoms with Crippen molar-refractivity contribution in [1.82, 2.24) is 0 Å². The minimum absolute atomic E-state index is 1.12. The van der Waals surface area contributed by atoms with Crippen LogP contribution in [0.1, 0.15) is 46.0 Å². The number of hydrogen-bond donors (Lipinski definition) is 0. The van der Waals surface area contributed by atoms with Crippen LogP contribution < -0.4 is 10.4 Å². The van der Waals surface area contributed by atoms with Crippen LogP contribution in [0.2, 0.25) is 0 Å². The molecule has 0 amide bonds. The molecule has 0 aromatic heterocycles. The van der Waals surface area contributed by atoms with Crippen LogP contribution in [0.15, 0.2) is 60.7 Å². The first-order chi connectivity index (χ1) is 11.7. The van der Waals surface area contributed by atoms with Gasteiger partial charge in [0.25, 0.3) is 0 Å². The zero-order chi connectivity index (χ0) is 17.7. The Morgan fingerprint density at radius 1 is 0.625 bits per heavy atom. The van der Waals surface area contributed by atoms with E-state index >= 15 is 0 Å². The Morgan fingerprint density at radius 3 is 1.29 bits per heavy atom. The van der Waals surface area contributed by atoms with Crippen molar-refractivity contribution in [2.24, 2.45) is 0 Å². The molecule has 3 heteroatoms. The summed E-state index contributed by atoms with van der Waals surface area (Å²) < 4.78 is 11.6. The molecular weight excluding hydrogens is 312 g/mol. The Hall–Kier alpha value is -1.42. The largest absolute Gasteiger partial charge is 0.406 e. The SMILES string of the molecule is CCCCCCC.CO[Si](OC)(c1ccccc1)c1ccccc1. The van der Waals surface area contributed by atoms with Gasteiger partial charge in [-0.05, 0) is 10.4 Å². The van der Waals surface area contributed by atoms with Crippen LogP contribution in [0.4, 0.5) is 0 Å². The van der Waals surface area contributed by atoms with Crippen molar-refractivity contribution in [2.45, 2.75) is 46.0 Å². The molecule has 2 nitrogen and oxygen atoms in total. The first-order valence-corrected chi connectivity index (χ1v) is 10.8. The smallest absolute Gasteiger partial charge is 0.391 e. The maximum absolute atomic E-state index is 5.78. The van der Waals surface area contributed by atoms with Crippen LogP contribution in [0.5, 0.6) is 0 Å². The maximum Gasteiger partial charge on any atom is 0.406 e. The predicted molar refractivity (Wildman–Crippen MR) is 106 cm³/mol. The van der Waals surface area contributed by atoms with Crippen LogP contribution in [-0.2, 0) is 8.85 Å². The highest BCUT2D eigenvalue weighted by molar-refractivity contribution is 6.92. The third-order valence-electron chi connectivity index (χ3n) is 4.09. The van der Waals surface area contributed by atoms with Gasteiger partial charge in [-0.1, -0.05) is 107 Å². The van der Waals surface area contributed by atoms with Gasteiger partial charge in [0.15, 0.2) is 0 Å². The summed E-state index contributed by atoms with van der Waals surface area (Å²) in [5, 5.41) is 2.24. The molecule has 0 bridgehead atoms. The monoisotopic (exact) mass is 344 g/mol. The highest BCUT2D eigenvalue weighted by Crippen LogP contribution is 2.07. The molecule has 0 atom stereocenters. The third-order valence-corrected chi connectivity index (χ3v) is 7.43. The van der Waals surface area contributed by atoms with E-state index < -0.39 is 8.56 Å². The molecule has 2 rings (SSSR count). The van der Waals surface area contributed by atoms with Gasteiger partial charge >= 0.3 is 8.56 Å². The molecule has 2 aromatic rings. The Balaban J connectivity index is 0.000000351. The van der Waals surface area contributed by atoms with Crippen molar-refractivity contribution < 1.29 is 8.85 Å². The van der Waals surface area contributed by atoms with Gasteiger partial charge in [-0.15, -0.1) is 0 Å². The average molecular weight is 345 g/mol. The fourth-order valence-corrected chi connectivity index (χ4v) is 5.42. The molecule has 0 aliphatic carbocycles. The normalized spacial score (nSPS) is 10.8. The summed E-state index contributed by atoms with van der Waals surface area (Å²) in [5.41, 5.74) is 0. The van der Waals surface area contributed by atoms with Crippen LogP contribution in [0.3, 0.4) is 0 Å². The number of hydrogen-bond acceptors (Lipinski definition) is 2. The van der Waals surface area contributed by atoms with Crippen LogP contribution in [-0.4, -0.2) is 22.8 Å². The van der Waals surface area contributed by atoms with E-state index in [0.29, 0.717) is 0 Å². The van der Waals surface area contributed by atoms with Crippen LogP contribution >= 0.6 is 0 Å². The summed E-state index contributed by atoms with van der Waals surface area (Å²) in [4.78, 5) is 0. The van der Waals surface area contributed by atoms with Crippen LogP contribution in [0.25, 0.3) is 0 Å². The number of rotatable bonds is 8. The first kappa shape index (κ1) is 20.6. The van der Waals surface area contributed by atoms with Gasteiger partial charge in [0.1, 0.15) is 0 Å². The second kappa shape index (κ2) is 12.0. The topological polar surface area (TPSA) is 18.5 Å². The van der Waals surface area contributed by atoms with Gasteiger partial charge in [-0.25, -0.2) is 0 Å². The third kappa shape index (κ3) is 5.89. The van der Waals surface area contributed by atoms with Crippen molar-refractivity contribution in [3.8, 4) is 0 Å². The standard InChI is InChI=1S/C14H16O2Si.C7H16/c1-15-17(16-2,13-9-5-3-6-10-13)14-11-7-4-8-12-14;1-3-5-7-6-4-2/h3-12H,1-2H3;3-7H2,1-2H3. The molecule has 132 valence electrons. The zero-order valence-electron chi connectivity index (χ0n) is 15.6. The molecule has 24 heavy (non-hydrogen) atoms. The van der Waals surface area contributed by atoms with Crippen molar-refractivity contribution in [3.05, 3.63) is 60.7 Å². The molecule has 0 saturated carbocycles. The minimum atomic E-state index is -2.50. The number of unbranched alkanes of at least 4 members (excludes halogenated alkanes) is 4. The molecule has 0 N–H and O–H groups in total. The van der Waals surface area contributed by atoms with E-state index in [1.54, 1.807) is 14.2 Å². The summed E-state index contributed by atoms with van der Waals surface area (Å²) in [6.45, 7) is 4.49. The molecule has 0 unspecified atom stereocenters. The van der Waals surface area contributed by atoms with E-state index in [9.17, 15) is 0 Å². The molecule has 0 saturated heterocycles. The van der Waals surface area contributed by atoms with Crippen molar-refractivity contribution in [1.29, 1.82) is 0 Å². The van der Waals surface area contributed by atoms with E-state index in [4.69, 9.17) is 8.85 Å². The number of benzene rings is 2. The summed E-state index contributed by atoms with van der Waals surface area (Å²) in [5.74, 6) is 0. The maximum atomic E-state index is 5.78. The van der Waals surface area contributed by atoms with Gasteiger partial charge in [0.2, 0.25) is 0 Å². The molecule has 0 spiro atoms. The molecule has 0 aliphatic rings. The van der Waals surface area contributed by atoms with Crippen LogP contribution in [0, 0.1) is 0 Å². The highest BCUT2D eigenvalue weighted by Gasteiger charge is 2.40. The Kier molecular flexibility index (Phi) is 10.3. The average Bonchev–Trinajstić information content (AvgIpc) is 2.66. The molecule has 2 aromatic carbocycles. The molecule has 0 fully saturated rings. The molecular formula is C21H32O2Si. The summed E-state index contributed by atoms with van der Waals surface area (Å²) in [7, 11) is 0.940. The quantitative estimate of drug-likeness (QED) is 0.518. The second-order valence-corrected chi connectivity index (χ2v) is 9.02. The van der Waals surface area contributed by atoms with Gasteiger partial charge in [-0.3, -0.25) is 0 Å².